The Hall–Kier alpha value is -1.41. The summed E-state index contributed by atoms with van der Waals surface area (Å²) in [6.45, 7) is 1.08. The lowest BCUT2D eigenvalue weighted by Crippen LogP contribution is -2.41. The Balaban J connectivity index is 1.64. The second kappa shape index (κ2) is 6.00. The highest BCUT2D eigenvalue weighted by molar-refractivity contribution is 7.89. The topological polar surface area (TPSA) is 106 Å². The zero-order chi connectivity index (χ0) is 15.7. The van der Waals surface area contributed by atoms with E-state index in [0.717, 1.165) is 37.0 Å². The molecule has 1 fully saturated rings. The molecule has 0 radical (unpaired) electrons. The van der Waals surface area contributed by atoms with Crippen LogP contribution in [0.15, 0.2) is 4.52 Å². The molecule has 0 saturated carbocycles. The molecule has 1 amide bonds. The van der Waals surface area contributed by atoms with Crippen LogP contribution in [-0.4, -0.2) is 43.2 Å². The largest absolute Gasteiger partial charge is 0.360 e. The number of sulfonamides is 1. The smallest absolute Gasteiger partial charge is 0.276 e. The van der Waals surface area contributed by atoms with E-state index in [0.29, 0.717) is 31.6 Å². The van der Waals surface area contributed by atoms with Gasteiger partial charge in [0.15, 0.2) is 5.69 Å². The van der Waals surface area contributed by atoms with Crippen LogP contribution < -0.4 is 5.14 Å². The fourth-order valence-electron chi connectivity index (χ4n) is 3.33. The lowest BCUT2D eigenvalue weighted by molar-refractivity contribution is 0.0687. The van der Waals surface area contributed by atoms with Crippen LogP contribution in [0.1, 0.15) is 47.5 Å². The third kappa shape index (κ3) is 3.33. The number of carbonyl (C=O) groups is 1. The van der Waals surface area contributed by atoms with Crippen LogP contribution in [0.4, 0.5) is 0 Å². The van der Waals surface area contributed by atoms with Crippen molar-refractivity contribution < 1.29 is 17.7 Å². The number of aryl methyl sites for hydroxylation is 1. The van der Waals surface area contributed by atoms with E-state index in [9.17, 15) is 13.2 Å². The van der Waals surface area contributed by atoms with Crippen LogP contribution in [0.5, 0.6) is 0 Å². The number of carbonyl (C=O) groups excluding carboxylic acids is 1. The number of rotatable bonds is 3. The van der Waals surface area contributed by atoms with Crippen molar-refractivity contribution in [1.82, 2.24) is 10.1 Å². The van der Waals surface area contributed by atoms with Crippen molar-refractivity contribution in [2.24, 2.45) is 11.1 Å². The Morgan fingerprint density at radius 2 is 1.95 bits per heavy atom. The Bertz CT molecular complexity index is 660. The minimum atomic E-state index is -3.45. The van der Waals surface area contributed by atoms with Gasteiger partial charge in [-0.2, -0.15) is 0 Å². The molecule has 1 aromatic heterocycles. The van der Waals surface area contributed by atoms with Gasteiger partial charge in [0, 0.05) is 25.1 Å². The first kappa shape index (κ1) is 15.5. The molecule has 0 unspecified atom stereocenters. The van der Waals surface area contributed by atoms with E-state index in [4.69, 9.17) is 9.66 Å². The predicted octanol–water partition coefficient (Wildman–Crippen LogP) is 0.694. The standard InChI is InChI=1S/C14H21N3O4S/c15-22(19,20)9-10-5-7-17(8-6-10)14(18)13-11-3-1-2-4-12(11)21-16-13/h10H,1-9H2,(H2,15,19,20). The second-order valence-corrected chi connectivity index (χ2v) is 7.86. The Morgan fingerprint density at radius 3 is 2.64 bits per heavy atom. The highest BCUT2D eigenvalue weighted by atomic mass is 32.2. The van der Waals surface area contributed by atoms with Crippen LogP contribution in [0.25, 0.3) is 0 Å². The van der Waals surface area contributed by atoms with E-state index in [1.807, 2.05) is 0 Å². The van der Waals surface area contributed by atoms with E-state index < -0.39 is 10.0 Å². The Labute approximate surface area is 129 Å². The summed E-state index contributed by atoms with van der Waals surface area (Å²) in [7, 11) is -3.45. The first-order chi connectivity index (χ1) is 10.4. The zero-order valence-corrected chi connectivity index (χ0v) is 13.3. The molecule has 1 aromatic rings. The van der Waals surface area contributed by atoms with E-state index in [1.165, 1.54) is 0 Å². The Morgan fingerprint density at radius 1 is 1.27 bits per heavy atom. The fourth-order valence-corrected chi connectivity index (χ4v) is 4.32. The lowest BCUT2D eigenvalue weighted by atomic mass is 9.95. The van der Waals surface area contributed by atoms with E-state index >= 15 is 0 Å². The summed E-state index contributed by atoms with van der Waals surface area (Å²) in [6, 6.07) is 0. The molecule has 22 heavy (non-hydrogen) atoms. The minimum Gasteiger partial charge on any atom is -0.360 e. The number of fused-ring (bicyclic) bond motifs is 1. The molecule has 0 spiro atoms. The number of hydrogen-bond acceptors (Lipinski definition) is 5. The average Bonchev–Trinajstić information content (AvgIpc) is 2.89. The number of aromatic nitrogens is 1. The van der Waals surface area contributed by atoms with Crippen LogP contribution in [0.3, 0.4) is 0 Å². The van der Waals surface area contributed by atoms with Crippen molar-refractivity contribution in [3.63, 3.8) is 0 Å². The quantitative estimate of drug-likeness (QED) is 0.879. The molecule has 1 aliphatic heterocycles. The van der Waals surface area contributed by atoms with E-state index in [-0.39, 0.29) is 17.6 Å². The molecule has 1 saturated heterocycles. The number of piperidine rings is 1. The van der Waals surface area contributed by atoms with E-state index in [2.05, 4.69) is 5.16 Å². The van der Waals surface area contributed by atoms with Crippen molar-refractivity contribution >= 4 is 15.9 Å². The number of nitrogens with zero attached hydrogens (tertiary/aromatic N) is 2. The maximum Gasteiger partial charge on any atom is 0.276 e. The minimum absolute atomic E-state index is 0.00557. The van der Waals surface area contributed by atoms with Crippen molar-refractivity contribution in [2.75, 3.05) is 18.8 Å². The maximum absolute atomic E-state index is 12.6. The lowest BCUT2D eigenvalue weighted by Gasteiger charge is -2.31. The molecule has 0 bridgehead atoms. The van der Waals surface area contributed by atoms with Gasteiger partial charge >= 0.3 is 0 Å². The first-order valence-corrected chi connectivity index (χ1v) is 9.43. The van der Waals surface area contributed by atoms with Gasteiger partial charge in [0.05, 0.1) is 5.75 Å². The summed E-state index contributed by atoms with van der Waals surface area (Å²) in [4.78, 5) is 14.3. The molecule has 2 heterocycles. The van der Waals surface area contributed by atoms with Gasteiger partial charge in [-0.15, -0.1) is 0 Å². The summed E-state index contributed by atoms with van der Waals surface area (Å²) >= 11 is 0. The van der Waals surface area contributed by atoms with Gasteiger partial charge in [-0.1, -0.05) is 5.16 Å². The van der Waals surface area contributed by atoms with Gasteiger partial charge in [0.25, 0.3) is 5.91 Å². The molecule has 1 aliphatic carbocycles. The average molecular weight is 327 g/mol. The molecule has 3 rings (SSSR count). The van der Waals surface area contributed by atoms with E-state index in [1.54, 1.807) is 4.90 Å². The highest BCUT2D eigenvalue weighted by Crippen LogP contribution is 2.26. The first-order valence-electron chi connectivity index (χ1n) is 7.71. The summed E-state index contributed by atoms with van der Waals surface area (Å²) in [6.07, 6.45) is 5.15. The zero-order valence-electron chi connectivity index (χ0n) is 12.5. The second-order valence-electron chi connectivity index (χ2n) is 6.21. The SMILES string of the molecule is NS(=O)(=O)CC1CCN(C(=O)c2noc3c2CCCC3)CC1. The maximum atomic E-state index is 12.6. The van der Waals surface area contributed by atoms with Crippen molar-refractivity contribution in [3.05, 3.63) is 17.0 Å². The third-order valence-corrected chi connectivity index (χ3v) is 5.46. The van der Waals surface area contributed by atoms with Crippen LogP contribution in [0.2, 0.25) is 0 Å². The molecular formula is C14H21N3O4S. The normalized spacial score (nSPS) is 20.0. The molecule has 0 aromatic carbocycles. The van der Waals surface area contributed by atoms with Gasteiger partial charge in [0.2, 0.25) is 10.0 Å². The number of hydrogen-bond donors (Lipinski definition) is 1. The highest BCUT2D eigenvalue weighted by Gasteiger charge is 2.30. The molecule has 2 N–H and O–H groups in total. The molecule has 8 heteroatoms. The Kier molecular flexibility index (Phi) is 4.22. The van der Waals surface area contributed by atoms with Gasteiger partial charge in [-0.25, -0.2) is 13.6 Å². The predicted molar refractivity (Wildman–Crippen MR) is 79.7 cm³/mol. The number of primary sulfonamides is 1. The van der Waals surface area contributed by atoms with Gasteiger partial charge in [-0.05, 0) is 38.0 Å². The molecule has 122 valence electrons. The summed E-state index contributed by atoms with van der Waals surface area (Å²) in [5.74, 6) is 0.777. The van der Waals surface area contributed by atoms with Crippen LogP contribution in [0, 0.1) is 5.92 Å². The molecule has 7 nitrogen and oxygen atoms in total. The molecule has 2 aliphatic rings. The number of likely N-dealkylation sites (tertiary alicyclic amines) is 1. The van der Waals surface area contributed by atoms with Crippen LogP contribution >= 0.6 is 0 Å². The van der Waals surface area contributed by atoms with Gasteiger partial charge < -0.3 is 9.42 Å². The molecule has 0 atom stereocenters. The summed E-state index contributed by atoms with van der Waals surface area (Å²) in [5.41, 5.74) is 1.41. The monoisotopic (exact) mass is 327 g/mol. The van der Waals surface area contributed by atoms with Crippen LogP contribution in [-0.2, 0) is 22.9 Å². The van der Waals surface area contributed by atoms with Gasteiger partial charge in [0.1, 0.15) is 5.76 Å². The van der Waals surface area contributed by atoms with Crippen molar-refractivity contribution in [3.8, 4) is 0 Å². The van der Waals surface area contributed by atoms with Crippen molar-refractivity contribution in [1.29, 1.82) is 0 Å². The van der Waals surface area contributed by atoms with Crippen molar-refractivity contribution in [2.45, 2.75) is 38.5 Å². The fraction of sp³-hybridized carbons (Fsp3) is 0.714. The molecular weight excluding hydrogens is 306 g/mol. The number of nitrogens with two attached hydrogens (primary N) is 1. The summed E-state index contributed by atoms with van der Waals surface area (Å²) in [5, 5.41) is 9.05. The van der Waals surface area contributed by atoms with Gasteiger partial charge in [-0.3, -0.25) is 4.79 Å². The third-order valence-electron chi connectivity index (χ3n) is 4.52. The number of amides is 1. The summed E-state index contributed by atoms with van der Waals surface area (Å²) < 4.78 is 27.6.